The molecule has 40 heavy (non-hydrogen) atoms. The standard InChI is InChI=1S/C32H32FNO5S/c33-26-12-16-28(17-13-26)40-20-2-1-19-39-27-14-9-23(10-15-27)8-11-24-5-3-6-29-32(24)25(21-31(37)38)22-34(29)18-4-7-30(35)36/h3,5-6,8-17,22H,1-2,4,7,18-21H2,(H,35,36)(H,37,38). The van der Waals surface area contributed by atoms with E-state index >= 15 is 0 Å². The fraction of sp³-hybridized carbons (Fsp3) is 0.250. The van der Waals surface area contributed by atoms with Gasteiger partial charge in [-0.3, -0.25) is 9.59 Å². The zero-order chi connectivity index (χ0) is 28.3. The Labute approximate surface area is 237 Å². The number of fused-ring (bicyclic) bond motifs is 1. The van der Waals surface area contributed by atoms with Crippen LogP contribution in [0.25, 0.3) is 23.1 Å². The highest BCUT2D eigenvalue weighted by molar-refractivity contribution is 7.99. The van der Waals surface area contributed by atoms with Crippen LogP contribution in [0.2, 0.25) is 0 Å². The van der Waals surface area contributed by atoms with Gasteiger partial charge in [-0.1, -0.05) is 36.4 Å². The number of hydrogen-bond acceptors (Lipinski definition) is 4. The Hall–Kier alpha value is -4.04. The fourth-order valence-electron chi connectivity index (χ4n) is 4.47. The molecule has 0 radical (unpaired) electrons. The Kier molecular flexibility index (Phi) is 10.4. The first-order chi connectivity index (χ1) is 19.4. The Bertz CT molecular complexity index is 1460. The van der Waals surface area contributed by atoms with Crippen LogP contribution >= 0.6 is 11.8 Å². The van der Waals surface area contributed by atoms with Gasteiger partial charge in [0.2, 0.25) is 0 Å². The van der Waals surface area contributed by atoms with Gasteiger partial charge >= 0.3 is 11.9 Å². The maximum Gasteiger partial charge on any atom is 0.307 e. The first-order valence-corrected chi connectivity index (χ1v) is 14.2. The molecule has 6 nitrogen and oxygen atoms in total. The fourth-order valence-corrected chi connectivity index (χ4v) is 5.38. The number of aliphatic carboxylic acids is 2. The molecule has 8 heteroatoms. The third-order valence-electron chi connectivity index (χ3n) is 6.37. The molecule has 0 spiro atoms. The van der Waals surface area contributed by atoms with Crippen LogP contribution in [-0.2, 0) is 22.6 Å². The van der Waals surface area contributed by atoms with Gasteiger partial charge in [-0.05, 0) is 84.2 Å². The van der Waals surface area contributed by atoms with Crippen molar-refractivity contribution in [3.8, 4) is 5.75 Å². The van der Waals surface area contributed by atoms with Crippen molar-refractivity contribution in [3.63, 3.8) is 0 Å². The van der Waals surface area contributed by atoms with E-state index < -0.39 is 11.9 Å². The second-order valence-corrected chi connectivity index (χ2v) is 10.6. The van der Waals surface area contributed by atoms with Crippen molar-refractivity contribution in [2.24, 2.45) is 0 Å². The lowest BCUT2D eigenvalue weighted by Gasteiger charge is -2.07. The summed E-state index contributed by atoms with van der Waals surface area (Å²) in [5.74, 6) is -0.230. The highest BCUT2D eigenvalue weighted by Crippen LogP contribution is 2.28. The number of carbonyl (C=O) groups is 2. The number of benzene rings is 3. The van der Waals surface area contributed by atoms with Crippen LogP contribution in [0.15, 0.2) is 77.8 Å². The van der Waals surface area contributed by atoms with Crippen LogP contribution in [0.4, 0.5) is 4.39 Å². The van der Waals surface area contributed by atoms with E-state index in [4.69, 9.17) is 9.84 Å². The summed E-state index contributed by atoms with van der Waals surface area (Å²) in [7, 11) is 0. The van der Waals surface area contributed by atoms with E-state index in [2.05, 4.69) is 0 Å². The molecule has 0 aliphatic carbocycles. The van der Waals surface area contributed by atoms with Gasteiger partial charge in [0.1, 0.15) is 11.6 Å². The molecule has 3 aromatic carbocycles. The van der Waals surface area contributed by atoms with Gasteiger partial charge in [-0.25, -0.2) is 4.39 Å². The molecule has 0 atom stereocenters. The summed E-state index contributed by atoms with van der Waals surface area (Å²) in [4.78, 5) is 23.5. The highest BCUT2D eigenvalue weighted by atomic mass is 32.2. The number of aryl methyl sites for hydroxylation is 1. The van der Waals surface area contributed by atoms with E-state index in [0.29, 0.717) is 25.1 Å². The number of thioether (sulfide) groups is 1. The van der Waals surface area contributed by atoms with Crippen LogP contribution in [0.5, 0.6) is 5.75 Å². The molecule has 4 aromatic rings. The highest BCUT2D eigenvalue weighted by Gasteiger charge is 2.14. The summed E-state index contributed by atoms with van der Waals surface area (Å²) >= 11 is 1.71. The molecule has 0 aliphatic rings. The largest absolute Gasteiger partial charge is 0.494 e. The normalized spacial score (nSPS) is 11.3. The average molecular weight is 562 g/mol. The van der Waals surface area contributed by atoms with Gasteiger partial charge in [-0.15, -0.1) is 11.8 Å². The van der Waals surface area contributed by atoms with E-state index in [1.54, 1.807) is 23.9 Å². The molecule has 0 amide bonds. The summed E-state index contributed by atoms with van der Waals surface area (Å²) in [6, 6.07) is 20.2. The predicted octanol–water partition coefficient (Wildman–Crippen LogP) is 7.39. The van der Waals surface area contributed by atoms with Crippen molar-refractivity contribution < 1.29 is 28.9 Å². The third-order valence-corrected chi connectivity index (χ3v) is 7.47. The van der Waals surface area contributed by atoms with Crippen LogP contribution < -0.4 is 4.74 Å². The molecule has 208 valence electrons. The Balaban J connectivity index is 1.34. The number of halogens is 1. The van der Waals surface area contributed by atoms with Crippen LogP contribution in [-0.4, -0.2) is 39.1 Å². The lowest BCUT2D eigenvalue weighted by atomic mass is 10.0. The number of ether oxygens (including phenoxy) is 1. The molecule has 0 bridgehead atoms. The summed E-state index contributed by atoms with van der Waals surface area (Å²) in [6.45, 7) is 1.13. The Morgan fingerprint density at radius 3 is 2.40 bits per heavy atom. The van der Waals surface area contributed by atoms with Crippen LogP contribution in [0, 0.1) is 5.82 Å². The summed E-state index contributed by atoms with van der Waals surface area (Å²) in [5, 5.41) is 19.3. The molecule has 0 saturated carbocycles. The number of hydrogen-bond donors (Lipinski definition) is 2. The maximum atomic E-state index is 13.0. The van der Waals surface area contributed by atoms with Crippen molar-refractivity contribution >= 4 is 46.8 Å². The number of rotatable bonds is 15. The first kappa shape index (κ1) is 29.0. The molecular formula is C32H32FNO5S. The number of aromatic nitrogens is 1. The lowest BCUT2D eigenvalue weighted by Crippen LogP contribution is -2.01. The minimum Gasteiger partial charge on any atom is -0.494 e. The lowest BCUT2D eigenvalue weighted by molar-refractivity contribution is -0.137. The van der Waals surface area contributed by atoms with Crippen molar-refractivity contribution in [1.29, 1.82) is 0 Å². The van der Waals surface area contributed by atoms with Gasteiger partial charge in [0.25, 0.3) is 0 Å². The predicted molar refractivity (Wildman–Crippen MR) is 157 cm³/mol. The van der Waals surface area contributed by atoms with Crippen molar-refractivity contribution in [3.05, 3.63) is 95.4 Å². The van der Waals surface area contributed by atoms with Crippen LogP contribution in [0.3, 0.4) is 0 Å². The second kappa shape index (κ2) is 14.4. The Morgan fingerprint density at radius 1 is 0.900 bits per heavy atom. The molecule has 0 saturated heterocycles. The van der Waals surface area contributed by atoms with Crippen molar-refractivity contribution in [1.82, 2.24) is 4.57 Å². The number of carboxylic acid groups (broad SMARTS) is 2. The smallest absolute Gasteiger partial charge is 0.307 e. The van der Waals surface area contributed by atoms with E-state index in [0.717, 1.165) is 51.3 Å². The minimum absolute atomic E-state index is 0.0594. The average Bonchev–Trinajstić information content (AvgIpc) is 3.28. The monoisotopic (exact) mass is 561 g/mol. The first-order valence-electron chi connectivity index (χ1n) is 13.2. The van der Waals surface area contributed by atoms with E-state index in [-0.39, 0.29) is 18.7 Å². The van der Waals surface area contributed by atoms with E-state index in [9.17, 15) is 19.1 Å². The number of unbranched alkanes of at least 4 members (excludes halogenated alkanes) is 1. The summed E-state index contributed by atoms with van der Waals surface area (Å²) in [5.41, 5.74) is 3.49. The second-order valence-electron chi connectivity index (χ2n) is 9.42. The molecule has 1 aromatic heterocycles. The van der Waals surface area contributed by atoms with Crippen LogP contribution in [0.1, 0.15) is 42.4 Å². The van der Waals surface area contributed by atoms with Crippen molar-refractivity contribution in [2.75, 3.05) is 12.4 Å². The number of carboxylic acids is 2. The molecular weight excluding hydrogens is 529 g/mol. The molecule has 0 fully saturated rings. The van der Waals surface area contributed by atoms with Gasteiger partial charge in [0.05, 0.1) is 13.0 Å². The third kappa shape index (κ3) is 8.48. The molecule has 4 rings (SSSR count). The van der Waals surface area contributed by atoms with Gasteiger partial charge in [0.15, 0.2) is 0 Å². The topological polar surface area (TPSA) is 88.8 Å². The zero-order valence-electron chi connectivity index (χ0n) is 22.1. The quantitative estimate of drug-likeness (QED) is 0.0894. The van der Waals surface area contributed by atoms with Gasteiger partial charge in [0, 0.05) is 35.0 Å². The summed E-state index contributed by atoms with van der Waals surface area (Å²) < 4.78 is 20.8. The van der Waals surface area contributed by atoms with E-state index in [1.807, 2.05) is 65.4 Å². The SMILES string of the molecule is O=C(O)CCCn1cc(CC(=O)O)c2c(C=Cc3ccc(OCCCCSc4ccc(F)cc4)cc3)cccc21. The molecule has 0 unspecified atom stereocenters. The minimum atomic E-state index is -0.911. The Morgan fingerprint density at radius 2 is 1.68 bits per heavy atom. The summed E-state index contributed by atoms with van der Waals surface area (Å²) in [6.07, 6.45) is 8.13. The zero-order valence-corrected chi connectivity index (χ0v) is 22.9. The maximum absolute atomic E-state index is 13.0. The molecule has 0 aliphatic heterocycles. The number of nitrogens with zero attached hydrogens (tertiary/aromatic N) is 1. The van der Waals surface area contributed by atoms with E-state index in [1.165, 1.54) is 12.1 Å². The van der Waals surface area contributed by atoms with Gasteiger partial charge < -0.3 is 19.5 Å². The molecule has 1 heterocycles. The van der Waals surface area contributed by atoms with Gasteiger partial charge in [-0.2, -0.15) is 0 Å². The molecule has 2 N–H and O–H groups in total. The van der Waals surface area contributed by atoms with Crippen molar-refractivity contribution in [2.45, 2.75) is 43.5 Å².